The molecule has 1 heterocycles. The largest absolute Gasteiger partial charge is 0.441 e. The Morgan fingerprint density at radius 3 is 2.76 bits per heavy atom. The van der Waals surface area contributed by atoms with E-state index in [1.54, 1.807) is 0 Å². The van der Waals surface area contributed by atoms with E-state index in [-0.39, 0.29) is 24.3 Å². The summed E-state index contributed by atoms with van der Waals surface area (Å²) < 4.78 is 31.5. The first kappa shape index (κ1) is 11.8. The normalized spacial score (nSPS) is 19.6. The first-order valence-electron chi connectivity index (χ1n) is 4.87. The molecule has 0 aliphatic carbocycles. The van der Waals surface area contributed by atoms with Crippen LogP contribution in [0.2, 0.25) is 0 Å². The molecule has 1 fully saturated rings. The van der Waals surface area contributed by atoms with E-state index < -0.39 is 23.8 Å². The van der Waals surface area contributed by atoms with E-state index in [0.29, 0.717) is 0 Å². The number of ether oxygens (including phenoxy) is 1. The van der Waals surface area contributed by atoms with Crippen molar-refractivity contribution in [3.63, 3.8) is 0 Å². The fourth-order valence-corrected chi connectivity index (χ4v) is 1.58. The molecule has 0 bridgehead atoms. The highest BCUT2D eigenvalue weighted by Crippen LogP contribution is 2.25. The third-order valence-electron chi connectivity index (χ3n) is 2.46. The standard InChI is InChI=1S/C10H8BF2NO3/c11-6-1-2-7(9(13)8(6)12)14-3-5(4-15)17-10(14)16/h1-2,5,15H,3-4H2/t5-/m1/s1. The van der Waals surface area contributed by atoms with Gasteiger partial charge in [0, 0.05) is 0 Å². The van der Waals surface area contributed by atoms with Crippen LogP contribution in [0.5, 0.6) is 0 Å². The Kier molecular flexibility index (Phi) is 3.02. The highest BCUT2D eigenvalue weighted by Gasteiger charge is 2.34. The third-order valence-corrected chi connectivity index (χ3v) is 2.46. The minimum Gasteiger partial charge on any atom is -0.441 e. The van der Waals surface area contributed by atoms with Crippen LogP contribution in [0.4, 0.5) is 19.3 Å². The van der Waals surface area contributed by atoms with Crippen LogP contribution in [-0.2, 0) is 4.74 Å². The van der Waals surface area contributed by atoms with Gasteiger partial charge in [-0.2, -0.15) is 0 Å². The zero-order chi connectivity index (χ0) is 12.6. The molecule has 1 aliphatic heterocycles. The van der Waals surface area contributed by atoms with E-state index in [4.69, 9.17) is 17.7 Å². The summed E-state index contributed by atoms with van der Waals surface area (Å²) in [5.41, 5.74) is -0.588. The lowest BCUT2D eigenvalue weighted by atomic mass is 9.95. The molecule has 1 aromatic rings. The molecule has 1 aliphatic rings. The van der Waals surface area contributed by atoms with Gasteiger partial charge in [-0.15, -0.1) is 0 Å². The van der Waals surface area contributed by atoms with Gasteiger partial charge < -0.3 is 9.84 Å². The third kappa shape index (κ3) is 1.98. The van der Waals surface area contributed by atoms with Crippen molar-refractivity contribution < 1.29 is 23.4 Å². The summed E-state index contributed by atoms with van der Waals surface area (Å²) in [6.45, 7) is -0.406. The van der Waals surface area contributed by atoms with Crippen molar-refractivity contribution in [3.8, 4) is 0 Å². The predicted molar refractivity (Wildman–Crippen MR) is 56.4 cm³/mol. The van der Waals surface area contributed by atoms with Gasteiger partial charge in [-0.3, -0.25) is 4.90 Å². The Balaban J connectivity index is 2.35. The number of benzene rings is 1. The van der Waals surface area contributed by atoms with Crippen LogP contribution in [0, 0.1) is 11.6 Å². The van der Waals surface area contributed by atoms with Gasteiger partial charge in [0.25, 0.3) is 0 Å². The molecule has 0 spiro atoms. The molecule has 7 heteroatoms. The second-order valence-corrected chi connectivity index (χ2v) is 3.60. The van der Waals surface area contributed by atoms with Crippen LogP contribution in [0.15, 0.2) is 12.1 Å². The molecule has 1 N–H and O–H groups in total. The number of cyclic esters (lactones) is 1. The lowest BCUT2D eigenvalue weighted by Crippen LogP contribution is -2.27. The minimum absolute atomic E-state index is 0.0321. The van der Waals surface area contributed by atoms with Crippen molar-refractivity contribution in [1.29, 1.82) is 0 Å². The highest BCUT2D eigenvalue weighted by atomic mass is 19.2. The summed E-state index contributed by atoms with van der Waals surface area (Å²) in [6, 6.07) is 2.35. The molecule has 1 amide bonds. The molecule has 0 saturated carbocycles. The predicted octanol–water partition coefficient (Wildman–Crippen LogP) is 0.0761. The Labute approximate surface area is 97.2 Å². The maximum atomic E-state index is 13.6. The second-order valence-electron chi connectivity index (χ2n) is 3.60. The maximum Gasteiger partial charge on any atom is 0.414 e. The number of rotatable bonds is 2. The number of aliphatic hydroxyl groups is 1. The number of carbonyl (C=O) groups excluding carboxylic acids is 1. The smallest absolute Gasteiger partial charge is 0.414 e. The number of amides is 1. The first-order valence-corrected chi connectivity index (χ1v) is 4.87. The first-order chi connectivity index (χ1) is 8.04. The van der Waals surface area contributed by atoms with E-state index in [9.17, 15) is 13.6 Å². The average Bonchev–Trinajstić information content (AvgIpc) is 2.68. The molecule has 1 aromatic carbocycles. The van der Waals surface area contributed by atoms with Crippen LogP contribution >= 0.6 is 0 Å². The Bertz CT molecular complexity index is 469. The zero-order valence-corrected chi connectivity index (χ0v) is 8.69. The van der Waals surface area contributed by atoms with Gasteiger partial charge in [-0.1, -0.05) is 11.5 Å². The van der Waals surface area contributed by atoms with E-state index in [2.05, 4.69) is 0 Å². The van der Waals surface area contributed by atoms with Crippen molar-refractivity contribution >= 4 is 25.1 Å². The molecule has 2 radical (unpaired) electrons. The van der Waals surface area contributed by atoms with E-state index in [1.165, 1.54) is 6.07 Å². The summed E-state index contributed by atoms with van der Waals surface area (Å²) in [5, 5.41) is 8.82. The number of hydrogen-bond donors (Lipinski definition) is 1. The molecule has 0 unspecified atom stereocenters. The van der Waals surface area contributed by atoms with Crippen molar-refractivity contribution in [1.82, 2.24) is 0 Å². The van der Waals surface area contributed by atoms with E-state index >= 15 is 0 Å². The zero-order valence-electron chi connectivity index (χ0n) is 8.69. The molecule has 88 valence electrons. The summed E-state index contributed by atoms with van der Waals surface area (Å²) >= 11 is 0. The molecule has 4 nitrogen and oxygen atoms in total. The number of hydrogen-bond acceptors (Lipinski definition) is 3. The monoisotopic (exact) mass is 239 g/mol. The van der Waals surface area contributed by atoms with Gasteiger partial charge in [0.15, 0.2) is 11.6 Å². The van der Waals surface area contributed by atoms with Crippen molar-refractivity contribution in [2.24, 2.45) is 0 Å². The number of halogens is 2. The number of aliphatic hydroxyl groups excluding tert-OH is 1. The molecule has 17 heavy (non-hydrogen) atoms. The fraction of sp³-hybridized carbons (Fsp3) is 0.300. The van der Waals surface area contributed by atoms with Gasteiger partial charge in [0.2, 0.25) is 0 Å². The maximum absolute atomic E-state index is 13.6. The molecule has 1 atom stereocenters. The summed E-state index contributed by atoms with van der Waals surface area (Å²) in [6.07, 6.45) is -1.56. The van der Waals surface area contributed by atoms with Crippen molar-refractivity contribution in [3.05, 3.63) is 23.8 Å². The fourth-order valence-electron chi connectivity index (χ4n) is 1.58. The van der Waals surface area contributed by atoms with Gasteiger partial charge in [-0.25, -0.2) is 13.6 Å². The van der Waals surface area contributed by atoms with Gasteiger partial charge >= 0.3 is 6.09 Å². The van der Waals surface area contributed by atoms with Gasteiger partial charge in [-0.05, 0) is 6.07 Å². The van der Waals surface area contributed by atoms with Crippen molar-refractivity contribution in [2.75, 3.05) is 18.1 Å². The van der Waals surface area contributed by atoms with Crippen LogP contribution in [0.1, 0.15) is 0 Å². The summed E-state index contributed by atoms with van der Waals surface area (Å²) in [4.78, 5) is 12.3. The number of anilines is 1. The minimum atomic E-state index is -1.21. The average molecular weight is 239 g/mol. The highest BCUT2D eigenvalue weighted by molar-refractivity contribution is 6.32. The molecule has 0 aromatic heterocycles. The van der Waals surface area contributed by atoms with Crippen LogP contribution in [0.25, 0.3) is 0 Å². The summed E-state index contributed by atoms with van der Waals surface area (Å²) in [5.74, 6) is -2.41. The Morgan fingerprint density at radius 1 is 1.47 bits per heavy atom. The van der Waals surface area contributed by atoms with Crippen LogP contribution < -0.4 is 10.4 Å². The van der Waals surface area contributed by atoms with Gasteiger partial charge in [0.1, 0.15) is 14.0 Å². The van der Waals surface area contributed by atoms with Crippen LogP contribution in [-0.4, -0.2) is 38.3 Å². The number of nitrogens with zero attached hydrogens (tertiary/aromatic N) is 1. The van der Waals surface area contributed by atoms with Crippen molar-refractivity contribution in [2.45, 2.75) is 6.10 Å². The summed E-state index contributed by atoms with van der Waals surface area (Å²) in [7, 11) is 5.19. The lowest BCUT2D eigenvalue weighted by molar-refractivity contribution is 0.0963. The quantitative estimate of drug-likeness (QED) is 0.743. The Hall–Kier alpha value is -1.63. The van der Waals surface area contributed by atoms with E-state index in [0.717, 1.165) is 11.0 Å². The molecular formula is C10H8BF2NO3. The number of carbonyl (C=O) groups is 1. The van der Waals surface area contributed by atoms with Crippen LogP contribution in [0.3, 0.4) is 0 Å². The Morgan fingerprint density at radius 2 is 2.18 bits per heavy atom. The molecular weight excluding hydrogens is 231 g/mol. The van der Waals surface area contributed by atoms with Gasteiger partial charge in [0.05, 0.1) is 18.8 Å². The SMILES string of the molecule is [B]c1ccc(N2C[C@H](CO)OC2=O)c(F)c1F. The lowest BCUT2D eigenvalue weighted by Gasteiger charge is -2.14. The molecule has 1 saturated heterocycles. The second kappa shape index (κ2) is 4.33. The van der Waals surface area contributed by atoms with E-state index in [1.807, 2.05) is 0 Å². The molecule has 2 rings (SSSR count). The topological polar surface area (TPSA) is 49.8 Å².